The summed E-state index contributed by atoms with van der Waals surface area (Å²) in [4.78, 5) is 2.30. The molecule has 0 saturated carbocycles. The first-order valence-corrected chi connectivity index (χ1v) is 9.86. The maximum atomic E-state index is 12.7. The van der Waals surface area contributed by atoms with E-state index < -0.39 is 10.0 Å². The zero-order valence-electron chi connectivity index (χ0n) is 14.1. The summed E-state index contributed by atoms with van der Waals surface area (Å²) in [5.74, 6) is 1.70. The van der Waals surface area contributed by atoms with E-state index in [-0.39, 0.29) is 24.3 Å². The van der Waals surface area contributed by atoms with Crippen LogP contribution < -0.4 is 14.2 Å². The molecule has 8 nitrogen and oxygen atoms in total. The van der Waals surface area contributed by atoms with Crippen molar-refractivity contribution in [1.29, 1.82) is 0 Å². The van der Waals surface area contributed by atoms with Crippen LogP contribution >= 0.6 is 0 Å². The van der Waals surface area contributed by atoms with Gasteiger partial charge in [0.1, 0.15) is 5.76 Å². The quantitative estimate of drug-likeness (QED) is 0.809. The summed E-state index contributed by atoms with van der Waals surface area (Å²) in [6, 6.07) is 8.04. The SMILES string of the molecule is O=S(=O)(NCC(c1ccco1)N1CCOCC1)c1ccc2c(c1)OCO2. The standard InChI is InChI=1S/C17H20N2O6S/c20-26(21,13-3-4-16-17(10-13)25-12-24-16)18-11-14(15-2-1-7-23-15)19-5-8-22-9-6-19/h1-4,7,10,14,18H,5-6,8-9,11-12H2. The van der Waals surface area contributed by atoms with Crippen molar-refractivity contribution >= 4 is 10.0 Å². The van der Waals surface area contributed by atoms with Crippen molar-refractivity contribution in [2.24, 2.45) is 0 Å². The molecule has 26 heavy (non-hydrogen) atoms. The molecular weight excluding hydrogens is 360 g/mol. The number of hydrogen-bond acceptors (Lipinski definition) is 7. The molecule has 1 fully saturated rings. The van der Waals surface area contributed by atoms with Gasteiger partial charge in [-0.3, -0.25) is 4.90 Å². The van der Waals surface area contributed by atoms with Crippen molar-refractivity contribution in [1.82, 2.24) is 9.62 Å². The zero-order chi connectivity index (χ0) is 18.0. The minimum atomic E-state index is -3.69. The van der Waals surface area contributed by atoms with Gasteiger partial charge in [-0.05, 0) is 24.3 Å². The van der Waals surface area contributed by atoms with Crippen molar-refractivity contribution in [2.75, 3.05) is 39.6 Å². The monoisotopic (exact) mass is 380 g/mol. The number of benzene rings is 1. The van der Waals surface area contributed by atoms with Crippen LogP contribution in [0.25, 0.3) is 0 Å². The minimum absolute atomic E-state index is 0.101. The highest BCUT2D eigenvalue weighted by atomic mass is 32.2. The Morgan fingerprint density at radius 2 is 1.92 bits per heavy atom. The topological polar surface area (TPSA) is 90.2 Å². The summed E-state index contributed by atoms with van der Waals surface area (Å²) >= 11 is 0. The molecule has 9 heteroatoms. The Labute approximate surface area is 151 Å². The van der Waals surface area contributed by atoms with Crippen LogP contribution in [-0.4, -0.2) is 53.0 Å². The van der Waals surface area contributed by atoms with Crippen LogP contribution in [0.3, 0.4) is 0 Å². The van der Waals surface area contributed by atoms with Crippen LogP contribution in [-0.2, 0) is 14.8 Å². The molecule has 0 amide bonds. The molecule has 1 N–H and O–H groups in total. The molecule has 0 spiro atoms. The van der Waals surface area contributed by atoms with Gasteiger partial charge in [-0.15, -0.1) is 0 Å². The van der Waals surface area contributed by atoms with Crippen LogP contribution in [0.15, 0.2) is 45.9 Å². The summed E-state index contributed by atoms with van der Waals surface area (Å²) in [6.07, 6.45) is 1.59. The molecule has 4 rings (SSSR count). The molecule has 0 bridgehead atoms. The number of hydrogen-bond donors (Lipinski definition) is 1. The Morgan fingerprint density at radius 1 is 1.12 bits per heavy atom. The van der Waals surface area contributed by atoms with Crippen molar-refractivity contribution in [3.05, 3.63) is 42.4 Å². The maximum absolute atomic E-state index is 12.7. The van der Waals surface area contributed by atoms with Gasteiger partial charge in [-0.2, -0.15) is 0 Å². The molecule has 1 aromatic heterocycles. The van der Waals surface area contributed by atoms with E-state index in [4.69, 9.17) is 18.6 Å². The molecule has 2 aromatic rings. The highest BCUT2D eigenvalue weighted by Gasteiger charge is 2.27. The molecule has 1 saturated heterocycles. The third kappa shape index (κ3) is 3.56. The van der Waals surface area contributed by atoms with Gasteiger partial charge in [-0.1, -0.05) is 0 Å². The molecule has 3 heterocycles. The van der Waals surface area contributed by atoms with Crippen LogP contribution in [0.2, 0.25) is 0 Å². The molecule has 2 aliphatic rings. The Hall–Kier alpha value is -2.07. The second-order valence-electron chi connectivity index (χ2n) is 6.05. The van der Waals surface area contributed by atoms with Crippen molar-refractivity contribution < 1.29 is 27.0 Å². The summed E-state index contributed by atoms with van der Waals surface area (Å²) in [6.45, 7) is 2.97. The number of furan rings is 1. The van der Waals surface area contributed by atoms with Gasteiger partial charge in [0.25, 0.3) is 0 Å². The fourth-order valence-electron chi connectivity index (χ4n) is 3.10. The molecule has 0 radical (unpaired) electrons. The van der Waals surface area contributed by atoms with Gasteiger partial charge in [0.15, 0.2) is 11.5 Å². The fourth-order valence-corrected chi connectivity index (χ4v) is 4.15. The van der Waals surface area contributed by atoms with Crippen LogP contribution in [0.1, 0.15) is 11.8 Å². The zero-order valence-corrected chi connectivity index (χ0v) is 14.9. The van der Waals surface area contributed by atoms with E-state index in [1.165, 1.54) is 12.1 Å². The van der Waals surface area contributed by atoms with E-state index in [0.29, 0.717) is 24.7 Å². The van der Waals surface area contributed by atoms with Crippen molar-refractivity contribution in [3.8, 4) is 11.5 Å². The van der Waals surface area contributed by atoms with Gasteiger partial charge in [-0.25, -0.2) is 13.1 Å². The first-order valence-electron chi connectivity index (χ1n) is 8.38. The predicted octanol–water partition coefficient (Wildman–Crippen LogP) is 1.36. The van der Waals surface area contributed by atoms with Crippen LogP contribution in [0.4, 0.5) is 0 Å². The normalized spacial score (nSPS) is 18.8. The van der Waals surface area contributed by atoms with Crippen LogP contribution in [0, 0.1) is 0 Å². The summed E-state index contributed by atoms with van der Waals surface area (Å²) < 4.78 is 49.5. The number of nitrogens with zero attached hydrogens (tertiary/aromatic N) is 1. The second-order valence-corrected chi connectivity index (χ2v) is 7.81. The highest BCUT2D eigenvalue weighted by Crippen LogP contribution is 2.34. The van der Waals surface area contributed by atoms with Gasteiger partial charge in [0, 0.05) is 25.7 Å². The van der Waals surface area contributed by atoms with E-state index in [2.05, 4.69) is 9.62 Å². The van der Waals surface area contributed by atoms with E-state index in [9.17, 15) is 8.42 Å². The molecule has 2 aliphatic heterocycles. The number of ether oxygens (including phenoxy) is 3. The molecule has 1 unspecified atom stereocenters. The lowest BCUT2D eigenvalue weighted by molar-refractivity contribution is 0.0128. The molecule has 0 aliphatic carbocycles. The van der Waals surface area contributed by atoms with Crippen LogP contribution in [0.5, 0.6) is 11.5 Å². The van der Waals surface area contributed by atoms with Gasteiger partial charge in [0.05, 0.1) is 30.4 Å². The number of morpholine rings is 1. The number of sulfonamides is 1. The van der Waals surface area contributed by atoms with Gasteiger partial charge >= 0.3 is 0 Å². The van der Waals surface area contributed by atoms with Crippen molar-refractivity contribution in [2.45, 2.75) is 10.9 Å². The molecule has 1 aromatic carbocycles. The Kier molecular flexibility index (Phi) is 4.86. The summed E-state index contributed by atoms with van der Waals surface area (Å²) in [5.41, 5.74) is 0. The molecule has 140 valence electrons. The number of rotatable bonds is 6. The number of fused-ring (bicyclic) bond motifs is 1. The predicted molar refractivity (Wildman–Crippen MR) is 91.6 cm³/mol. The fraction of sp³-hybridized carbons (Fsp3) is 0.412. The third-order valence-corrected chi connectivity index (χ3v) is 5.90. The average molecular weight is 380 g/mol. The lowest BCUT2D eigenvalue weighted by atomic mass is 10.2. The summed E-state index contributed by atoms with van der Waals surface area (Å²) in [7, 11) is -3.69. The van der Waals surface area contributed by atoms with Crippen molar-refractivity contribution in [3.63, 3.8) is 0 Å². The minimum Gasteiger partial charge on any atom is -0.468 e. The lowest BCUT2D eigenvalue weighted by Gasteiger charge is -2.33. The average Bonchev–Trinajstić information content (AvgIpc) is 3.34. The highest BCUT2D eigenvalue weighted by molar-refractivity contribution is 7.89. The Bertz CT molecular complexity index is 846. The van der Waals surface area contributed by atoms with E-state index in [1.54, 1.807) is 18.4 Å². The van der Waals surface area contributed by atoms with E-state index in [0.717, 1.165) is 18.8 Å². The Balaban J connectivity index is 1.51. The molecule has 1 atom stereocenters. The summed E-state index contributed by atoms with van der Waals surface area (Å²) in [5, 5.41) is 0. The third-order valence-electron chi connectivity index (χ3n) is 4.48. The number of nitrogens with one attached hydrogen (secondary N) is 1. The first-order chi connectivity index (χ1) is 12.6. The lowest BCUT2D eigenvalue weighted by Crippen LogP contribution is -2.43. The molecular formula is C17H20N2O6S. The van der Waals surface area contributed by atoms with Gasteiger partial charge in [0.2, 0.25) is 16.8 Å². The largest absolute Gasteiger partial charge is 0.468 e. The van der Waals surface area contributed by atoms with E-state index in [1.807, 2.05) is 6.07 Å². The van der Waals surface area contributed by atoms with Gasteiger partial charge < -0.3 is 18.6 Å². The second kappa shape index (κ2) is 7.28. The smallest absolute Gasteiger partial charge is 0.240 e. The first kappa shape index (κ1) is 17.3. The van der Waals surface area contributed by atoms with E-state index >= 15 is 0 Å². The maximum Gasteiger partial charge on any atom is 0.240 e. The Morgan fingerprint density at radius 3 is 2.69 bits per heavy atom.